The molecule has 1 heterocycles. The largest absolute Gasteiger partial charge is 0.436 e. The number of nitrogens with one attached hydrogen (secondary N) is 1. The van der Waals surface area contributed by atoms with Gasteiger partial charge in [0.1, 0.15) is 5.75 Å². The molecule has 0 bridgehead atoms. The second-order valence-electron chi connectivity index (χ2n) is 5.05. The zero-order chi connectivity index (χ0) is 15.2. The van der Waals surface area contributed by atoms with E-state index in [-0.39, 0.29) is 0 Å². The van der Waals surface area contributed by atoms with Gasteiger partial charge in [0.25, 0.3) is 0 Å². The number of aromatic nitrogens is 2. The average molecular weight is 371 g/mol. The summed E-state index contributed by atoms with van der Waals surface area (Å²) in [5, 5.41) is 3.85. The monoisotopic (exact) mass is 369 g/mol. The molecule has 0 unspecified atom stereocenters. The third-order valence-corrected chi connectivity index (χ3v) is 3.43. The minimum atomic E-state index is 0.429. The lowest BCUT2D eigenvalue weighted by molar-refractivity contribution is 0.455. The predicted octanol–water partition coefficient (Wildman–Crippen LogP) is 4.43. The molecule has 21 heavy (non-hydrogen) atoms. The van der Waals surface area contributed by atoms with Crippen molar-refractivity contribution in [1.29, 1.82) is 0 Å². The Morgan fingerprint density at radius 2 is 2.14 bits per heavy atom. The summed E-state index contributed by atoms with van der Waals surface area (Å²) < 4.78 is 6.59. The van der Waals surface area contributed by atoms with Crippen molar-refractivity contribution in [1.82, 2.24) is 15.3 Å². The first-order valence-corrected chi connectivity index (χ1v) is 7.86. The Hall–Kier alpha value is -1.17. The van der Waals surface area contributed by atoms with Gasteiger partial charge in [-0.25, -0.2) is 4.98 Å². The van der Waals surface area contributed by atoms with Gasteiger partial charge in [-0.2, -0.15) is 0 Å². The summed E-state index contributed by atoms with van der Waals surface area (Å²) >= 11 is 9.49. The number of hydrogen-bond acceptors (Lipinski definition) is 4. The highest BCUT2D eigenvalue weighted by atomic mass is 79.9. The maximum Gasteiger partial charge on any atom is 0.238 e. The molecule has 2 aromatic rings. The maximum atomic E-state index is 6.10. The van der Waals surface area contributed by atoms with Gasteiger partial charge in [-0.05, 0) is 30.7 Å². The van der Waals surface area contributed by atoms with Crippen molar-refractivity contribution in [3.8, 4) is 11.6 Å². The van der Waals surface area contributed by atoms with Crippen molar-refractivity contribution in [3.05, 3.63) is 45.8 Å². The lowest BCUT2D eigenvalue weighted by Gasteiger charge is -2.09. The minimum absolute atomic E-state index is 0.429. The number of nitrogens with zero attached hydrogens (tertiary/aromatic N) is 2. The fraction of sp³-hybridized carbons (Fsp3) is 0.333. The average Bonchev–Trinajstić information content (AvgIpc) is 2.43. The van der Waals surface area contributed by atoms with E-state index in [0.29, 0.717) is 29.1 Å². The van der Waals surface area contributed by atoms with Crippen molar-refractivity contribution in [2.45, 2.75) is 20.4 Å². The molecule has 2 rings (SSSR count). The normalized spacial score (nSPS) is 10.9. The summed E-state index contributed by atoms with van der Waals surface area (Å²) in [5.41, 5.74) is 0.833. The smallest absolute Gasteiger partial charge is 0.238 e. The summed E-state index contributed by atoms with van der Waals surface area (Å²) in [5.74, 6) is 1.57. The van der Waals surface area contributed by atoms with E-state index in [1.807, 2.05) is 6.07 Å². The van der Waals surface area contributed by atoms with Crippen LogP contribution in [0.25, 0.3) is 0 Å². The van der Waals surface area contributed by atoms with Crippen LogP contribution in [0.3, 0.4) is 0 Å². The number of rotatable bonds is 6. The van der Waals surface area contributed by atoms with Gasteiger partial charge in [-0.3, -0.25) is 4.98 Å². The maximum absolute atomic E-state index is 6.10. The van der Waals surface area contributed by atoms with Crippen LogP contribution in [0.5, 0.6) is 11.6 Å². The molecule has 0 atom stereocenters. The molecule has 0 spiro atoms. The van der Waals surface area contributed by atoms with E-state index in [2.05, 4.69) is 45.1 Å². The Bertz CT molecular complexity index is 607. The van der Waals surface area contributed by atoms with E-state index < -0.39 is 0 Å². The van der Waals surface area contributed by atoms with Crippen molar-refractivity contribution in [3.63, 3.8) is 0 Å². The Morgan fingerprint density at radius 1 is 1.33 bits per heavy atom. The van der Waals surface area contributed by atoms with E-state index in [1.165, 1.54) is 0 Å². The molecule has 4 nitrogen and oxygen atoms in total. The Labute approximate surface area is 138 Å². The Balaban J connectivity index is 2.05. The van der Waals surface area contributed by atoms with Crippen molar-refractivity contribution in [2.24, 2.45) is 5.92 Å². The van der Waals surface area contributed by atoms with Crippen LogP contribution in [0.2, 0.25) is 5.02 Å². The number of benzene rings is 1. The van der Waals surface area contributed by atoms with E-state index in [9.17, 15) is 0 Å². The molecule has 6 heteroatoms. The number of halogens is 2. The van der Waals surface area contributed by atoms with E-state index in [0.717, 1.165) is 16.7 Å². The van der Waals surface area contributed by atoms with E-state index in [1.54, 1.807) is 24.5 Å². The first kappa shape index (κ1) is 16.2. The molecule has 1 N–H and O–H groups in total. The molecule has 0 saturated carbocycles. The van der Waals surface area contributed by atoms with Gasteiger partial charge in [0.15, 0.2) is 0 Å². The van der Waals surface area contributed by atoms with Crippen LogP contribution >= 0.6 is 27.5 Å². The lowest BCUT2D eigenvalue weighted by atomic mass is 10.2. The molecule has 0 amide bonds. The van der Waals surface area contributed by atoms with Crippen LogP contribution in [0.15, 0.2) is 35.1 Å². The SMILES string of the molecule is CC(C)CNCc1cncc(Oc2cc(Br)ccc2Cl)n1. The fourth-order valence-electron chi connectivity index (χ4n) is 1.68. The molecule has 0 aliphatic carbocycles. The van der Waals surface area contributed by atoms with E-state index in [4.69, 9.17) is 16.3 Å². The zero-order valence-electron chi connectivity index (χ0n) is 11.9. The van der Waals surface area contributed by atoms with Crippen LogP contribution < -0.4 is 10.1 Å². The third kappa shape index (κ3) is 5.26. The van der Waals surface area contributed by atoms with Gasteiger partial charge in [-0.1, -0.05) is 41.4 Å². The second kappa shape index (κ2) is 7.73. The quantitative estimate of drug-likeness (QED) is 0.817. The molecule has 0 fully saturated rings. The second-order valence-corrected chi connectivity index (χ2v) is 6.37. The summed E-state index contributed by atoms with van der Waals surface area (Å²) in [6.07, 6.45) is 3.30. The van der Waals surface area contributed by atoms with Crippen LogP contribution in [0.4, 0.5) is 0 Å². The number of hydrogen-bond donors (Lipinski definition) is 1. The topological polar surface area (TPSA) is 47.0 Å². The zero-order valence-corrected chi connectivity index (χ0v) is 14.3. The van der Waals surface area contributed by atoms with Gasteiger partial charge < -0.3 is 10.1 Å². The number of ether oxygens (including phenoxy) is 1. The van der Waals surface area contributed by atoms with Gasteiger partial charge in [0.05, 0.1) is 16.9 Å². The molecule has 1 aromatic carbocycles. The van der Waals surface area contributed by atoms with Gasteiger partial charge in [-0.15, -0.1) is 0 Å². The highest BCUT2D eigenvalue weighted by molar-refractivity contribution is 9.10. The summed E-state index contributed by atoms with van der Waals surface area (Å²) in [6, 6.07) is 5.42. The van der Waals surface area contributed by atoms with Crippen LogP contribution in [-0.4, -0.2) is 16.5 Å². The molecule has 1 aromatic heterocycles. The summed E-state index contributed by atoms with van der Waals surface area (Å²) in [4.78, 5) is 8.56. The van der Waals surface area contributed by atoms with Gasteiger partial charge in [0, 0.05) is 17.2 Å². The highest BCUT2D eigenvalue weighted by Gasteiger charge is 2.06. The predicted molar refractivity (Wildman–Crippen MR) is 87.8 cm³/mol. The molecular formula is C15H17BrClN3O. The first-order chi connectivity index (χ1) is 10.0. The Kier molecular flexibility index (Phi) is 5.96. The van der Waals surface area contributed by atoms with Crippen molar-refractivity contribution >= 4 is 27.5 Å². The minimum Gasteiger partial charge on any atom is -0.436 e. The van der Waals surface area contributed by atoms with Crippen LogP contribution in [-0.2, 0) is 6.54 Å². The Morgan fingerprint density at radius 3 is 2.90 bits per heavy atom. The highest BCUT2D eigenvalue weighted by Crippen LogP contribution is 2.31. The molecule has 0 radical (unpaired) electrons. The molecule has 0 aliphatic heterocycles. The third-order valence-electron chi connectivity index (χ3n) is 2.63. The molecule has 0 aliphatic rings. The lowest BCUT2D eigenvalue weighted by Crippen LogP contribution is -2.19. The van der Waals surface area contributed by atoms with Crippen molar-refractivity contribution < 1.29 is 4.74 Å². The fourth-order valence-corrected chi connectivity index (χ4v) is 2.17. The van der Waals surface area contributed by atoms with Crippen molar-refractivity contribution in [2.75, 3.05) is 6.54 Å². The van der Waals surface area contributed by atoms with Crippen LogP contribution in [0.1, 0.15) is 19.5 Å². The molecular weight excluding hydrogens is 354 g/mol. The standard InChI is InChI=1S/C15H17BrClN3O/c1-10(2)6-18-7-12-8-19-9-15(20-12)21-14-5-11(16)3-4-13(14)17/h3-5,8-10,18H,6-7H2,1-2H3. The van der Waals surface area contributed by atoms with Gasteiger partial charge >= 0.3 is 0 Å². The van der Waals surface area contributed by atoms with Gasteiger partial charge in [0.2, 0.25) is 5.88 Å². The van der Waals surface area contributed by atoms with Crippen LogP contribution in [0, 0.1) is 5.92 Å². The molecule has 0 saturated heterocycles. The van der Waals surface area contributed by atoms with E-state index >= 15 is 0 Å². The summed E-state index contributed by atoms with van der Waals surface area (Å²) in [6.45, 7) is 5.92. The first-order valence-electron chi connectivity index (χ1n) is 6.69. The molecule has 112 valence electrons. The summed E-state index contributed by atoms with van der Waals surface area (Å²) in [7, 11) is 0.